The first-order valence-corrected chi connectivity index (χ1v) is 14.3. The number of aromatic nitrogens is 2. The number of rotatable bonds is 10. The van der Waals surface area contributed by atoms with E-state index in [1.165, 1.54) is 6.07 Å². The monoisotopic (exact) mass is 586 g/mol. The molecule has 1 N–H and O–H groups in total. The molecule has 210 valence electrons. The molecule has 0 radical (unpaired) electrons. The van der Waals surface area contributed by atoms with Crippen molar-refractivity contribution in [3.8, 4) is 17.0 Å². The third-order valence-corrected chi connectivity index (χ3v) is 9.14. The number of hydrogen-bond donors (Lipinski definition) is 1. The Morgan fingerprint density at radius 1 is 1.12 bits per heavy atom. The molecule has 0 aliphatic heterocycles. The summed E-state index contributed by atoms with van der Waals surface area (Å²) >= 11 is 12.9. The van der Waals surface area contributed by atoms with Gasteiger partial charge in [0.15, 0.2) is 6.61 Å². The molecule has 2 bridgehead atoms. The Morgan fingerprint density at radius 3 is 2.45 bits per heavy atom. The lowest BCUT2D eigenvalue weighted by Gasteiger charge is -2.52. The van der Waals surface area contributed by atoms with Crippen molar-refractivity contribution < 1.29 is 28.3 Å². The van der Waals surface area contributed by atoms with Crippen molar-refractivity contribution in [2.24, 2.45) is 5.41 Å². The van der Waals surface area contributed by atoms with E-state index in [2.05, 4.69) is 16.2 Å². The van der Waals surface area contributed by atoms with Crippen LogP contribution in [0, 0.1) is 11.2 Å². The van der Waals surface area contributed by atoms with Crippen LogP contribution < -0.4 is 4.74 Å². The highest BCUT2D eigenvalue weighted by Gasteiger charge is 2.48. The van der Waals surface area contributed by atoms with Gasteiger partial charge < -0.3 is 19.1 Å². The van der Waals surface area contributed by atoms with Gasteiger partial charge in [-0.05, 0) is 68.9 Å². The minimum Gasteiger partial charge on any atom is -0.482 e. The summed E-state index contributed by atoms with van der Waals surface area (Å²) < 4.78 is 32.2. The van der Waals surface area contributed by atoms with Crippen molar-refractivity contribution in [3.05, 3.63) is 69.4 Å². The van der Waals surface area contributed by atoms with Crippen LogP contribution in [0.15, 0.2) is 41.2 Å². The van der Waals surface area contributed by atoms with Crippen molar-refractivity contribution in [2.75, 3.05) is 6.61 Å². The average molecular weight is 587 g/mol. The molecule has 4 saturated carbocycles. The molecule has 0 saturated heterocycles. The van der Waals surface area contributed by atoms with Crippen LogP contribution >= 0.6 is 23.2 Å². The van der Waals surface area contributed by atoms with E-state index in [0.717, 1.165) is 62.7 Å². The van der Waals surface area contributed by atoms with Crippen molar-refractivity contribution in [1.82, 2.24) is 10.1 Å². The summed E-state index contributed by atoms with van der Waals surface area (Å²) in [5, 5.41) is 14.0. The van der Waals surface area contributed by atoms with E-state index in [1.54, 1.807) is 24.5 Å². The third kappa shape index (κ3) is 5.49. The molecule has 10 heteroatoms. The van der Waals surface area contributed by atoms with Crippen LogP contribution in [0.2, 0.25) is 10.0 Å². The summed E-state index contributed by atoms with van der Waals surface area (Å²) in [7, 11) is 0. The number of carbonyl (C=O) groups is 1. The smallest absolute Gasteiger partial charge is 0.341 e. The molecule has 3 aromatic rings. The van der Waals surface area contributed by atoms with Crippen molar-refractivity contribution >= 4 is 35.2 Å². The highest BCUT2D eigenvalue weighted by molar-refractivity contribution is 6.38. The number of hydrogen-bond acceptors (Lipinski definition) is 6. The van der Waals surface area contributed by atoms with Gasteiger partial charge in [-0.2, -0.15) is 0 Å². The fourth-order valence-electron chi connectivity index (χ4n) is 5.98. The van der Waals surface area contributed by atoms with Crippen LogP contribution in [0.4, 0.5) is 4.39 Å². The number of aliphatic carboxylic acids is 1. The molecule has 7 rings (SSSR count). The highest BCUT2D eigenvalue weighted by Crippen LogP contribution is 2.55. The Balaban J connectivity index is 1.13. The Kier molecular flexibility index (Phi) is 7.36. The molecule has 2 aromatic heterocycles. The van der Waals surface area contributed by atoms with E-state index in [4.69, 9.17) is 42.3 Å². The lowest BCUT2D eigenvalue weighted by molar-refractivity contribution is -0.139. The van der Waals surface area contributed by atoms with Crippen LogP contribution in [0.5, 0.6) is 5.75 Å². The fourth-order valence-corrected chi connectivity index (χ4v) is 6.52. The summed E-state index contributed by atoms with van der Waals surface area (Å²) in [6.45, 7) is -0.128. The number of ether oxygens (including phenoxy) is 2. The Hall–Kier alpha value is -2.94. The number of carboxylic acid groups (broad SMARTS) is 1. The maximum atomic E-state index is 14.6. The van der Waals surface area contributed by atoms with E-state index < -0.39 is 18.4 Å². The zero-order valence-corrected chi connectivity index (χ0v) is 23.3. The standard InChI is InChI=1S/C30H29Cl2FN2O5/c31-22-14-34-15-23(32)26(22)27-21(28(40-35-27)19-1-2-19)16-39-30-10-7-29(8-11-30,9-12-30)6-5-18-3-4-20(13-24(18)33)38-17-25(36)37/h3-6,13-15,19H,1-2,7-12,16-17H2,(H,36,37)/b6-5+. The molecular weight excluding hydrogens is 558 g/mol. The highest BCUT2D eigenvalue weighted by atomic mass is 35.5. The van der Waals surface area contributed by atoms with Gasteiger partial charge in [-0.1, -0.05) is 40.5 Å². The van der Waals surface area contributed by atoms with E-state index in [-0.39, 0.29) is 16.8 Å². The van der Waals surface area contributed by atoms with Gasteiger partial charge in [0.25, 0.3) is 0 Å². The molecule has 0 unspecified atom stereocenters. The predicted octanol–water partition coefficient (Wildman–Crippen LogP) is 7.85. The molecule has 7 nitrogen and oxygen atoms in total. The maximum absolute atomic E-state index is 14.6. The average Bonchev–Trinajstić information content (AvgIpc) is 3.71. The number of fused-ring (bicyclic) bond motifs is 3. The van der Waals surface area contributed by atoms with E-state index in [9.17, 15) is 9.18 Å². The second-order valence-corrected chi connectivity index (χ2v) is 12.0. The lowest BCUT2D eigenvalue weighted by atomic mass is 9.58. The van der Waals surface area contributed by atoms with Crippen molar-refractivity contribution in [3.63, 3.8) is 0 Å². The second kappa shape index (κ2) is 10.8. The topological polar surface area (TPSA) is 94.7 Å². The quantitative estimate of drug-likeness (QED) is 0.258. The minimum absolute atomic E-state index is 0.00957. The Morgan fingerprint density at radius 2 is 1.82 bits per heavy atom. The second-order valence-electron chi connectivity index (χ2n) is 11.2. The zero-order valence-electron chi connectivity index (χ0n) is 21.8. The van der Waals surface area contributed by atoms with Gasteiger partial charge in [-0.25, -0.2) is 9.18 Å². The number of carboxylic acids is 1. The van der Waals surface area contributed by atoms with Crippen molar-refractivity contribution in [2.45, 2.75) is 69.5 Å². The van der Waals surface area contributed by atoms with Gasteiger partial charge in [0, 0.05) is 41.1 Å². The summed E-state index contributed by atoms with van der Waals surface area (Å²) in [5.74, 6) is -0.135. The SMILES string of the molecule is O=C(O)COc1ccc(/C=C/C23CCC(OCc4c(-c5c(Cl)cncc5Cl)noc4C4CC4)(CC2)CC3)c(F)c1. The molecule has 4 aliphatic rings. The molecule has 2 heterocycles. The zero-order chi connectivity index (χ0) is 27.9. The molecule has 1 aromatic carbocycles. The van der Waals surface area contributed by atoms with Gasteiger partial charge in [0.2, 0.25) is 0 Å². The normalized spacial score (nSPS) is 24.1. The first-order chi connectivity index (χ1) is 19.3. The Bertz CT molecular complexity index is 1420. The number of pyridine rings is 1. The van der Waals surface area contributed by atoms with Gasteiger partial charge in [-0.15, -0.1) is 0 Å². The van der Waals surface area contributed by atoms with Gasteiger partial charge in [0.05, 0.1) is 22.3 Å². The lowest BCUT2D eigenvalue weighted by Crippen LogP contribution is -2.46. The maximum Gasteiger partial charge on any atom is 0.341 e. The van der Waals surface area contributed by atoms with E-state index >= 15 is 0 Å². The third-order valence-electron chi connectivity index (χ3n) is 8.57. The molecular formula is C30H29Cl2FN2O5. The van der Waals surface area contributed by atoms with Crippen LogP contribution in [-0.4, -0.2) is 33.4 Å². The number of benzene rings is 1. The van der Waals surface area contributed by atoms with Crippen LogP contribution in [0.3, 0.4) is 0 Å². The van der Waals surface area contributed by atoms with Gasteiger partial charge in [0.1, 0.15) is 23.0 Å². The summed E-state index contributed by atoms with van der Waals surface area (Å²) in [6, 6.07) is 4.43. The largest absolute Gasteiger partial charge is 0.482 e. The summed E-state index contributed by atoms with van der Waals surface area (Å²) in [6.07, 6.45) is 14.8. The Labute approximate surface area is 241 Å². The fraction of sp³-hybridized carbons (Fsp3) is 0.433. The first-order valence-electron chi connectivity index (χ1n) is 13.5. The molecule has 0 amide bonds. The van der Waals surface area contributed by atoms with Crippen molar-refractivity contribution in [1.29, 1.82) is 0 Å². The molecule has 0 spiro atoms. The van der Waals surface area contributed by atoms with Crippen LogP contribution in [-0.2, 0) is 16.1 Å². The molecule has 40 heavy (non-hydrogen) atoms. The van der Waals surface area contributed by atoms with Crippen LogP contribution in [0.1, 0.15) is 74.2 Å². The summed E-state index contributed by atoms with van der Waals surface area (Å²) in [5.41, 5.74) is 2.41. The molecule has 0 atom stereocenters. The van der Waals surface area contributed by atoms with Gasteiger partial charge >= 0.3 is 5.97 Å². The minimum atomic E-state index is -1.11. The predicted molar refractivity (Wildman–Crippen MR) is 148 cm³/mol. The van der Waals surface area contributed by atoms with E-state index in [0.29, 0.717) is 39.4 Å². The summed E-state index contributed by atoms with van der Waals surface area (Å²) in [4.78, 5) is 14.7. The van der Waals surface area contributed by atoms with E-state index in [1.807, 2.05) is 6.08 Å². The number of halogens is 3. The number of nitrogens with zero attached hydrogens (tertiary/aromatic N) is 2. The van der Waals surface area contributed by atoms with Gasteiger partial charge in [-0.3, -0.25) is 4.98 Å². The molecule has 4 aliphatic carbocycles. The van der Waals surface area contributed by atoms with Crippen LogP contribution in [0.25, 0.3) is 17.3 Å². The number of allylic oxidation sites excluding steroid dienone is 1. The first kappa shape index (κ1) is 27.2. The molecule has 4 fully saturated rings.